The monoisotopic (exact) mass is 350 g/mol. The first-order valence-corrected chi connectivity index (χ1v) is 8.46. The van der Waals surface area contributed by atoms with Crippen LogP contribution in [0.3, 0.4) is 0 Å². The molecule has 1 amide bonds. The van der Waals surface area contributed by atoms with E-state index >= 15 is 0 Å². The Morgan fingerprint density at radius 2 is 1.92 bits per heavy atom. The topological polar surface area (TPSA) is 60.5 Å². The Kier molecular flexibility index (Phi) is 5.37. The van der Waals surface area contributed by atoms with Gasteiger partial charge in [0.15, 0.2) is 0 Å². The van der Waals surface area contributed by atoms with Gasteiger partial charge >= 0.3 is 0 Å². The maximum atomic E-state index is 12.6. The molecule has 0 spiro atoms. The zero-order chi connectivity index (χ0) is 18.5. The number of hydrogen-bond donors (Lipinski definition) is 1. The average Bonchev–Trinajstić information content (AvgIpc) is 2.67. The van der Waals surface area contributed by atoms with E-state index in [9.17, 15) is 4.79 Å². The number of nitrogens with one attached hydrogen (secondary N) is 1. The largest absolute Gasteiger partial charge is 0.497 e. The molecule has 0 fully saturated rings. The number of carbonyl (C=O) groups is 1. The Balaban J connectivity index is 1.77. The Labute approximate surface area is 153 Å². The second-order valence-electron chi connectivity index (χ2n) is 6.07. The number of aromatic nitrogens is 1. The minimum absolute atomic E-state index is 0.0690. The molecule has 5 nitrogen and oxygen atoms in total. The molecule has 0 aliphatic carbocycles. The van der Waals surface area contributed by atoms with E-state index in [1.54, 1.807) is 20.4 Å². The number of methoxy groups -OCH3 is 2. The van der Waals surface area contributed by atoms with Crippen molar-refractivity contribution in [3.8, 4) is 11.5 Å². The van der Waals surface area contributed by atoms with Crippen molar-refractivity contribution in [1.29, 1.82) is 0 Å². The highest BCUT2D eigenvalue weighted by Crippen LogP contribution is 2.29. The van der Waals surface area contributed by atoms with Gasteiger partial charge in [-0.15, -0.1) is 0 Å². The highest BCUT2D eigenvalue weighted by atomic mass is 16.5. The molecule has 0 radical (unpaired) electrons. The van der Waals surface area contributed by atoms with Gasteiger partial charge in [-0.25, -0.2) is 0 Å². The van der Waals surface area contributed by atoms with E-state index in [1.165, 1.54) is 0 Å². The predicted octanol–water partition coefficient (Wildman–Crippen LogP) is 3.67. The van der Waals surface area contributed by atoms with Gasteiger partial charge in [-0.05, 0) is 36.8 Å². The Hall–Kier alpha value is -3.08. The molecule has 0 aliphatic rings. The molecule has 0 saturated carbocycles. The Morgan fingerprint density at radius 1 is 1.12 bits per heavy atom. The van der Waals surface area contributed by atoms with Gasteiger partial charge in [-0.2, -0.15) is 0 Å². The third-order valence-corrected chi connectivity index (χ3v) is 4.35. The maximum absolute atomic E-state index is 12.6. The summed E-state index contributed by atoms with van der Waals surface area (Å²) < 4.78 is 10.7. The lowest BCUT2D eigenvalue weighted by atomic mass is 10.0. The molecule has 2 aromatic carbocycles. The fraction of sp³-hybridized carbons (Fsp3) is 0.238. The summed E-state index contributed by atoms with van der Waals surface area (Å²) in [6.07, 6.45) is 2.01. The van der Waals surface area contributed by atoms with Crippen LogP contribution in [0.2, 0.25) is 0 Å². The molecule has 1 N–H and O–H groups in total. The molecule has 1 aromatic heterocycles. The number of rotatable bonds is 6. The number of pyridine rings is 1. The van der Waals surface area contributed by atoms with Crippen molar-refractivity contribution in [3.63, 3.8) is 0 Å². The molecule has 134 valence electrons. The van der Waals surface area contributed by atoms with E-state index < -0.39 is 0 Å². The van der Waals surface area contributed by atoms with Crippen molar-refractivity contribution in [2.75, 3.05) is 14.2 Å². The molecule has 0 bridgehead atoms. The maximum Gasteiger partial charge on any atom is 0.224 e. The molecule has 3 rings (SSSR count). The molecule has 26 heavy (non-hydrogen) atoms. The zero-order valence-corrected chi connectivity index (χ0v) is 15.2. The number of para-hydroxylation sites is 1. The molecular weight excluding hydrogens is 328 g/mol. The first-order valence-electron chi connectivity index (χ1n) is 8.46. The van der Waals surface area contributed by atoms with Crippen molar-refractivity contribution in [2.24, 2.45) is 0 Å². The lowest BCUT2D eigenvalue weighted by Crippen LogP contribution is -2.28. The summed E-state index contributed by atoms with van der Waals surface area (Å²) in [4.78, 5) is 17.0. The molecule has 3 aromatic rings. The van der Waals surface area contributed by atoms with E-state index in [0.717, 1.165) is 27.8 Å². The first kappa shape index (κ1) is 17.7. The van der Waals surface area contributed by atoms with Gasteiger partial charge in [0.05, 0.1) is 32.2 Å². The number of hydrogen-bond acceptors (Lipinski definition) is 4. The third kappa shape index (κ3) is 3.77. The quantitative estimate of drug-likeness (QED) is 0.737. The van der Waals surface area contributed by atoms with Gasteiger partial charge in [-0.3, -0.25) is 9.78 Å². The molecule has 1 atom stereocenters. The SMILES string of the molecule is COc1ccc(OC)c(C(C)NC(=O)Cc2cccc3cccnc23)c1. The predicted molar refractivity (Wildman–Crippen MR) is 102 cm³/mol. The van der Waals surface area contributed by atoms with E-state index in [1.807, 2.05) is 55.5 Å². The van der Waals surface area contributed by atoms with Crippen LogP contribution in [-0.4, -0.2) is 25.1 Å². The van der Waals surface area contributed by atoms with E-state index in [2.05, 4.69) is 10.3 Å². The van der Waals surface area contributed by atoms with Gasteiger partial charge < -0.3 is 14.8 Å². The Bertz CT molecular complexity index is 919. The highest BCUT2D eigenvalue weighted by molar-refractivity contribution is 5.87. The van der Waals surface area contributed by atoms with Crippen LogP contribution in [0.15, 0.2) is 54.7 Å². The number of carbonyl (C=O) groups excluding carboxylic acids is 1. The van der Waals surface area contributed by atoms with Gasteiger partial charge in [0, 0.05) is 17.1 Å². The van der Waals surface area contributed by atoms with E-state index in [-0.39, 0.29) is 18.4 Å². The van der Waals surface area contributed by atoms with Crippen molar-refractivity contribution in [1.82, 2.24) is 10.3 Å². The fourth-order valence-corrected chi connectivity index (χ4v) is 3.03. The fourth-order valence-electron chi connectivity index (χ4n) is 3.03. The standard InChI is InChI=1S/C21H22N2O3/c1-14(18-13-17(25-2)9-10-19(18)26-3)23-20(24)12-16-7-4-6-15-8-5-11-22-21(15)16/h4-11,13-14H,12H2,1-3H3,(H,23,24). The summed E-state index contributed by atoms with van der Waals surface area (Å²) in [5.74, 6) is 1.37. The highest BCUT2D eigenvalue weighted by Gasteiger charge is 2.16. The number of fused-ring (bicyclic) bond motifs is 1. The van der Waals surface area contributed by atoms with Crippen LogP contribution < -0.4 is 14.8 Å². The first-order chi connectivity index (χ1) is 12.6. The summed E-state index contributed by atoms with van der Waals surface area (Å²) in [6, 6.07) is 15.1. The number of ether oxygens (including phenoxy) is 2. The zero-order valence-electron chi connectivity index (χ0n) is 15.2. The molecule has 0 saturated heterocycles. The molecule has 1 unspecified atom stereocenters. The van der Waals surface area contributed by atoms with Gasteiger partial charge in [0.1, 0.15) is 11.5 Å². The summed E-state index contributed by atoms with van der Waals surface area (Å²) in [6.45, 7) is 1.93. The lowest BCUT2D eigenvalue weighted by Gasteiger charge is -2.18. The smallest absolute Gasteiger partial charge is 0.224 e. The van der Waals surface area contributed by atoms with Crippen molar-refractivity contribution in [3.05, 3.63) is 65.9 Å². The van der Waals surface area contributed by atoms with Crippen LogP contribution in [0, 0.1) is 0 Å². The van der Waals surface area contributed by atoms with Crippen LogP contribution in [0.5, 0.6) is 11.5 Å². The lowest BCUT2D eigenvalue weighted by molar-refractivity contribution is -0.121. The normalized spacial score (nSPS) is 11.8. The van der Waals surface area contributed by atoms with Gasteiger partial charge in [0.25, 0.3) is 0 Å². The minimum Gasteiger partial charge on any atom is -0.497 e. The second kappa shape index (κ2) is 7.87. The van der Waals surface area contributed by atoms with Crippen LogP contribution >= 0.6 is 0 Å². The molecular formula is C21H22N2O3. The molecule has 1 heterocycles. The van der Waals surface area contributed by atoms with E-state index in [0.29, 0.717) is 5.75 Å². The summed E-state index contributed by atoms with van der Waals surface area (Å²) in [5, 5.41) is 4.06. The van der Waals surface area contributed by atoms with Crippen molar-refractivity contribution in [2.45, 2.75) is 19.4 Å². The number of amides is 1. The number of benzene rings is 2. The van der Waals surface area contributed by atoms with Gasteiger partial charge in [-0.1, -0.05) is 24.3 Å². The van der Waals surface area contributed by atoms with Gasteiger partial charge in [0.2, 0.25) is 5.91 Å². The Morgan fingerprint density at radius 3 is 2.69 bits per heavy atom. The molecule has 0 aliphatic heterocycles. The second-order valence-corrected chi connectivity index (χ2v) is 6.07. The van der Waals surface area contributed by atoms with Crippen LogP contribution in [0.1, 0.15) is 24.1 Å². The average molecular weight is 350 g/mol. The van der Waals surface area contributed by atoms with E-state index in [4.69, 9.17) is 9.47 Å². The van der Waals surface area contributed by atoms with Crippen molar-refractivity contribution < 1.29 is 14.3 Å². The summed E-state index contributed by atoms with van der Waals surface area (Å²) in [7, 11) is 3.23. The van der Waals surface area contributed by atoms with Crippen LogP contribution in [0.4, 0.5) is 0 Å². The number of nitrogens with zero attached hydrogens (tertiary/aromatic N) is 1. The minimum atomic E-state index is -0.213. The molecule has 5 heteroatoms. The summed E-state index contributed by atoms with van der Waals surface area (Å²) >= 11 is 0. The van der Waals surface area contributed by atoms with Crippen LogP contribution in [-0.2, 0) is 11.2 Å². The summed E-state index contributed by atoms with van der Waals surface area (Å²) in [5.41, 5.74) is 2.64. The third-order valence-electron chi connectivity index (χ3n) is 4.35. The van der Waals surface area contributed by atoms with Crippen molar-refractivity contribution >= 4 is 16.8 Å². The van der Waals surface area contributed by atoms with Crippen LogP contribution in [0.25, 0.3) is 10.9 Å².